The van der Waals surface area contributed by atoms with E-state index in [1.54, 1.807) is 30.3 Å². The van der Waals surface area contributed by atoms with Gasteiger partial charge in [-0.25, -0.2) is 0 Å². The Labute approximate surface area is 285 Å². The highest BCUT2D eigenvalue weighted by Crippen LogP contribution is 2.39. The van der Waals surface area contributed by atoms with E-state index < -0.39 is 30.1 Å². The Morgan fingerprint density at radius 1 is 0.789 bits per heavy atom. The highest BCUT2D eigenvalue weighted by molar-refractivity contribution is 14.1. The molecule has 0 amide bonds. The minimum absolute atomic E-state index is 0. The molecule has 0 aromatic heterocycles. The molecule has 2 aliphatic rings. The van der Waals surface area contributed by atoms with Crippen LogP contribution < -0.4 is 0 Å². The van der Waals surface area contributed by atoms with Gasteiger partial charge in [-0.05, 0) is 63.1 Å². The molecule has 0 aliphatic heterocycles. The van der Waals surface area contributed by atoms with Crippen molar-refractivity contribution in [3.05, 3.63) is 146 Å². The largest absolute Gasteiger partial charge is 0.294 e. The van der Waals surface area contributed by atoms with Gasteiger partial charge in [0.15, 0.2) is 11.6 Å². The van der Waals surface area contributed by atoms with Crippen LogP contribution >= 0.6 is 83.3 Å². The summed E-state index contributed by atoms with van der Waals surface area (Å²) in [5, 5.41) is 0.844. The molecule has 7 heteroatoms. The number of benzene rings is 4. The molecule has 0 spiro atoms. The average Bonchev–Trinajstić information content (AvgIpc) is 3.53. The molecule has 0 saturated heterocycles. The molecular formula is C31H26Cl2I2O2S. The predicted octanol–water partition coefficient (Wildman–Crippen LogP) is 9.81. The molecule has 0 N–H and O–H groups in total. The van der Waals surface area contributed by atoms with E-state index in [4.69, 9.17) is 36.9 Å². The number of Topliss-reactive ketones (excluding diaryl/α,β-unsaturated/α-hetero) is 1. The predicted molar refractivity (Wildman–Crippen MR) is 184 cm³/mol. The van der Waals surface area contributed by atoms with Crippen LogP contribution in [0.3, 0.4) is 0 Å². The monoisotopic (exact) mass is 796 g/mol. The Kier molecular flexibility index (Phi) is 8.11. The highest BCUT2D eigenvalue weighted by Gasteiger charge is 2.30. The van der Waals surface area contributed by atoms with Crippen LogP contribution in [0.25, 0.3) is 5.57 Å². The molecule has 4 aromatic rings. The average molecular weight is 797 g/mol. The summed E-state index contributed by atoms with van der Waals surface area (Å²) in [5.41, 5.74) is 2.54. The zero-order valence-corrected chi connectivity index (χ0v) is 26.7. The van der Waals surface area contributed by atoms with E-state index in [1.165, 1.54) is 12.1 Å². The number of carbonyl (C=O) groups is 2. The van der Waals surface area contributed by atoms with E-state index in [2.05, 4.69) is 22.6 Å². The number of ketones is 2. The minimum Gasteiger partial charge on any atom is -0.294 e. The van der Waals surface area contributed by atoms with Crippen LogP contribution in [-0.2, 0) is 0 Å². The molecule has 0 bridgehead atoms. The van der Waals surface area contributed by atoms with Gasteiger partial charge in [-0.1, -0.05) is 118 Å². The molecule has 196 valence electrons. The molecule has 0 saturated carbocycles. The minimum atomic E-state index is -0.534. The second kappa shape index (κ2) is 15.2. The number of fused-ring (bicyclic) bond motifs is 2. The smallest absolute Gasteiger partial charge is 0.187 e. The Morgan fingerprint density at radius 3 is 1.97 bits per heavy atom. The van der Waals surface area contributed by atoms with Gasteiger partial charge in [-0.15, -0.1) is 24.0 Å². The lowest BCUT2D eigenvalue weighted by Crippen LogP contribution is -1.95. The van der Waals surface area contributed by atoms with E-state index in [0.717, 1.165) is 0 Å². The zero-order chi connectivity index (χ0) is 34.4. The lowest BCUT2D eigenvalue weighted by Gasteiger charge is -2.10. The quantitative estimate of drug-likeness (QED) is 0.150. The van der Waals surface area contributed by atoms with Crippen LogP contribution in [-0.4, -0.2) is 16.5 Å². The third-order valence-electron chi connectivity index (χ3n) is 5.53. The van der Waals surface area contributed by atoms with E-state index in [0.29, 0.717) is 37.9 Å². The fourth-order valence-electron chi connectivity index (χ4n) is 4.00. The third kappa shape index (κ3) is 7.30. The summed E-state index contributed by atoms with van der Waals surface area (Å²) in [4.78, 5) is 26.2. The fourth-order valence-corrected chi connectivity index (χ4v) is 4.35. The first-order valence-electron chi connectivity index (χ1n) is 15.6. The van der Waals surface area contributed by atoms with Gasteiger partial charge in [0.05, 0.1) is 13.7 Å². The lowest BCUT2D eigenvalue weighted by molar-refractivity contribution is 0.0990. The topological polar surface area (TPSA) is 34.1 Å². The SMILES string of the molecule is CI.I.S.[2H]c1c([2H])c([2H])c(C2=CC(=O)c3cc(Cl)ccc32)c([2H])c1[2H].[2H]c1c([2H])c([2H])c([C@@H]2CC(=O)c3cc(Cl)ccc32)c([2H])c1[2H]. The van der Waals surface area contributed by atoms with E-state index in [1.807, 2.05) is 4.93 Å². The Balaban J connectivity index is 0.000000305. The maximum Gasteiger partial charge on any atom is 0.187 e. The molecule has 4 aromatic carbocycles. The summed E-state index contributed by atoms with van der Waals surface area (Å²) in [6.07, 6.45) is 1.37. The first-order valence-corrected chi connectivity index (χ1v) is 13.5. The van der Waals surface area contributed by atoms with Crippen LogP contribution in [0.5, 0.6) is 0 Å². The Bertz CT molecular complexity index is 1930. The first kappa shape index (κ1) is 20.3. The number of allylic oxidation sites excluding steroid dienone is 1. The molecule has 2 aliphatic carbocycles. The zero-order valence-electron chi connectivity index (χ0n) is 29.7. The van der Waals surface area contributed by atoms with Gasteiger partial charge < -0.3 is 0 Å². The van der Waals surface area contributed by atoms with Crippen LogP contribution in [0, 0.1) is 0 Å². The number of hydrogen-bond acceptors (Lipinski definition) is 2. The van der Waals surface area contributed by atoms with Crippen molar-refractivity contribution >= 4 is 100 Å². The van der Waals surface area contributed by atoms with Gasteiger partial charge >= 0.3 is 0 Å². The normalized spacial score (nSPS) is 18.0. The van der Waals surface area contributed by atoms with Crippen molar-refractivity contribution in [3.8, 4) is 0 Å². The summed E-state index contributed by atoms with van der Waals surface area (Å²) in [6, 6.07) is 5.95. The standard InChI is InChI=1S/C15H11ClO.C15H9ClO.CH3I.HI.H2S/c2*16-11-6-7-12-13(9-15(17)14(12)8-11)10-4-2-1-3-5-10;1-2;;/h1-8,13H,9H2;1-9H;1H3;1H;1H2/t13-;;;;/m0..../s1/i2*1D,2D,3D,4D,5D;;;. The first-order chi connectivity index (χ1) is 21.6. The van der Waals surface area contributed by atoms with Crippen molar-refractivity contribution in [1.82, 2.24) is 0 Å². The van der Waals surface area contributed by atoms with Crippen molar-refractivity contribution in [2.24, 2.45) is 0 Å². The summed E-state index contributed by atoms with van der Waals surface area (Å²) in [5.74, 6) is -0.956. The molecule has 1 atom stereocenters. The van der Waals surface area contributed by atoms with Crippen molar-refractivity contribution in [2.45, 2.75) is 12.3 Å². The molecule has 38 heavy (non-hydrogen) atoms. The Hall–Kier alpha value is -1.65. The van der Waals surface area contributed by atoms with Crippen molar-refractivity contribution in [1.29, 1.82) is 0 Å². The molecule has 0 radical (unpaired) electrons. The van der Waals surface area contributed by atoms with Crippen LogP contribution in [0.1, 0.15) is 69.0 Å². The molecular weight excluding hydrogens is 761 g/mol. The molecule has 0 heterocycles. The summed E-state index contributed by atoms with van der Waals surface area (Å²) < 4.78 is 78.3. The third-order valence-corrected chi connectivity index (χ3v) is 6.00. The van der Waals surface area contributed by atoms with Gasteiger partial charge in [-0.3, -0.25) is 9.59 Å². The summed E-state index contributed by atoms with van der Waals surface area (Å²) in [6.45, 7) is 0. The maximum absolute atomic E-state index is 12.1. The van der Waals surface area contributed by atoms with Crippen molar-refractivity contribution in [3.63, 3.8) is 0 Å². The number of carbonyl (C=O) groups excluding carboxylic acids is 2. The van der Waals surface area contributed by atoms with Crippen molar-refractivity contribution in [2.75, 3.05) is 4.93 Å². The summed E-state index contributed by atoms with van der Waals surface area (Å²) in [7, 11) is 0. The highest BCUT2D eigenvalue weighted by atomic mass is 127. The van der Waals surface area contributed by atoms with E-state index >= 15 is 0 Å². The molecule has 6 rings (SSSR count). The molecule has 0 unspecified atom stereocenters. The van der Waals surface area contributed by atoms with Crippen LogP contribution in [0.2, 0.25) is 10.0 Å². The molecule has 0 fully saturated rings. The summed E-state index contributed by atoms with van der Waals surface area (Å²) >= 11 is 13.9. The number of alkyl halides is 1. The van der Waals surface area contributed by atoms with E-state index in [9.17, 15) is 9.59 Å². The van der Waals surface area contributed by atoms with Crippen LogP contribution in [0.4, 0.5) is 0 Å². The number of hydrogen-bond donors (Lipinski definition) is 0. The van der Waals surface area contributed by atoms with Gasteiger partial charge in [-0.2, -0.15) is 13.5 Å². The maximum atomic E-state index is 12.1. The lowest BCUT2D eigenvalue weighted by atomic mass is 9.93. The van der Waals surface area contributed by atoms with Gasteiger partial charge in [0.2, 0.25) is 0 Å². The molecule has 2 nitrogen and oxygen atoms in total. The fraction of sp³-hybridized carbons (Fsp3) is 0.0968. The number of halogens is 4. The Morgan fingerprint density at radius 2 is 1.34 bits per heavy atom. The van der Waals surface area contributed by atoms with E-state index in [-0.39, 0.29) is 103 Å². The second-order valence-corrected chi connectivity index (χ2v) is 8.44. The van der Waals surface area contributed by atoms with Gasteiger partial charge in [0, 0.05) is 33.5 Å². The number of rotatable bonds is 2. The second-order valence-electron chi connectivity index (χ2n) is 7.56. The van der Waals surface area contributed by atoms with Crippen LogP contribution in [0.15, 0.2) is 103 Å². The van der Waals surface area contributed by atoms with Gasteiger partial charge in [0.1, 0.15) is 0 Å². The van der Waals surface area contributed by atoms with Gasteiger partial charge in [0.25, 0.3) is 0 Å². The van der Waals surface area contributed by atoms with Crippen molar-refractivity contribution < 1.29 is 23.3 Å².